The van der Waals surface area contributed by atoms with Gasteiger partial charge in [0.05, 0.1) is 6.04 Å². The maximum absolute atomic E-state index is 11.8. The van der Waals surface area contributed by atoms with E-state index in [2.05, 4.69) is 10.6 Å². The van der Waals surface area contributed by atoms with Crippen molar-refractivity contribution in [2.75, 3.05) is 0 Å². The van der Waals surface area contributed by atoms with Gasteiger partial charge in [0, 0.05) is 4.88 Å². The van der Waals surface area contributed by atoms with Crippen LogP contribution < -0.4 is 10.6 Å². The fourth-order valence-corrected chi connectivity index (χ4v) is 2.66. The number of hydrogen-bond donors (Lipinski definition) is 3. The molecule has 0 aliphatic carbocycles. The average Bonchev–Trinajstić information content (AvgIpc) is 2.85. The van der Waals surface area contributed by atoms with Gasteiger partial charge in [0.1, 0.15) is 6.04 Å². The Labute approximate surface area is 117 Å². The molecule has 0 fully saturated rings. The monoisotopic (exact) mass is 284 g/mol. The first-order valence-corrected chi connectivity index (χ1v) is 7.16. The molecule has 1 heterocycles. The Morgan fingerprint density at radius 1 is 1.37 bits per heavy atom. The molecule has 19 heavy (non-hydrogen) atoms. The molecule has 5 nitrogen and oxygen atoms in total. The van der Waals surface area contributed by atoms with Crippen LogP contribution in [-0.2, 0) is 4.79 Å². The molecule has 1 aromatic heterocycles. The van der Waals surface area contributed by atoms with Crippen molar-refractivity contribution in [2.24, 2.45) is 5.92 Å². The Hall–Kier alpha value is -1.56. The molecule has 1 aromatic rings. The van der Waals surface area contributed by atoms with Crippen molar-refractivity contribution in [3.05, 3.63) is 22.4 Å². The second kappa shape index (κ2) is 7.13. The number of carboxylic acid groups (broad SMARTS) is 1. The van der Waals surface area contributed by atoms with E-state index in [0.29, 0.717) is 6.42 Å². The third-order valence-corrected chi connectivity index (χ3v) is 3.77. The molecule has 0 aromatic carbocycles. The molecule has 0 aliphatic rings. The van der Waals surface area contributed by atoms with E-state index in [1.807, 2.05) is 31.4 Å². The molecular weight excluding hydrogens is 264 g/mol. The van der Waals surface area contributed by atoms with Gasteiger partial charge < -0.3 is 15.7 Å². The van der Waals surface area contributed by atoms with E-state index in [-0.39, 0.29) is 12.0 Å². The lowest BCUT2D eigenvalue weighted by atomic mass is 10.0. The highest BCUT2D eigenvalue weighted by Gasteiger charge is 2.22. The highest BCUT2D eigenvalue weighted by atomic mass is 32.1. The highest BCUT2D eigenvalue weighted by Crippen LogP contribution is 2.25. The summed E-state index contributed by atoms with van der Waals surface area (Å²) in [5.74, 6) is -0.788. The zero-order valence-electron chi connectivity index (χ0n) is 11.3. The minimum atomic E-state index is -1.02. The molecule has 6 heteroatoms. The van der Waals surface area contributed by atoms with Crippen LogP contribution in [0.2, 0.25) is 0 Å². The number of nitrogens with one attached hydrogen (secondary N) is 2. The first-order chi connectivity index (χ1) is 8.95. The van der Waals surface area contributed by atoms with Crippen molar-refractivity contribution in [1.29, 1.82) is 0 Å². The number of aliphatic carboxylic acids is 1. The number of hydrogen-bond acceptors (Lipinski definition) is 3. The topological polar surface area (TPSA) is 78.4 Å². The van der Waals surface area contributed by atoms with Crippen LogP contribution in [0, 0.1) is 5.92 Å². The summed E-state index contributed by atoms with van der Waals surface area (Å²) in [5.41, 5.74) is 0. The second-order valence-electron chi connectivity index (χ2n) is 4.65. The summed E-state index contributed by atoms with van der Waals surface area (Å²) in [6.07, 6.45) is 0.355. The van der Waals surface area contributed by atoms with Gasteiger partial charge in [0.2, 0.25) is 0 Å². The normalized spacial score (nSPS) is 13.9. The number of carbonyl (C=O) groups excluding carboxylic acids is 1. The maximum atomic E-state index is 11.8. The van der Waals surface area contributed by atoms with Gasteiger partial charge in [-0.25, -0.2) is 9.59 Å². The van der Waals surface area contributed by atoms with E-state index < -0.39 is 18.0 Å². The van der Waals surface area contributed by atoms with E-state index in [0.717, 1.165) is 4.88 Å². The van der Waals surface area contributed by atoms with Crippen LogP contribution in [0.5, 0.6) is 0 Å². The molecule has 0 radical (unpaired) electrons. The zero-order valence-corrected chi connectivity index (χ0v) is 12.2. The molecular formula is C13H20N2O3S. The molecule has 1 unspecified atom stereocenters. The SMILES string of the molecule is CC[C@@H](NC(=O)NC(c1cccs1)C(C)C)C(=O)O. The summed E-state index contributed by atoms with van der Waals surface area (Å²) >= 11 is 1.57. The number of urea groups is 1. The summed E-state index contributed by atoms with van der Waals surface area (Å²) in [6.45, 7) is 5.75. The van der Waals surface area contributed by atoms with Crippen molar-refractivity contribution in [1.82, 2.24) is 10.6 Å². The molecule has 0 spiro atoms. The number of carboxylic acids is 1. The largest absolute Gasteiger partial charge is 0.480 e. The van der Waals surface area contributed by atoms with Gasteiger partial charge in [-0.1, -0.05) is 26.8 Å². The number of carbonyl (C=O) groups is 2. The van der Waals surface area contributed by atoms with Crippen molar-refractivity contribution in [3.8, 4) is 0 Å². The van der Waals surface area contributed by atoms with E-state index in [9.17, 15) is 9.59 Å². The standard InChI is InChI=1S/C13H20N2O3S/c1-4-9(12(16)17)14-13(18)15-11(8(2)3)10-6-5-7-19-10/h5-9,11H,4H2,1-3H3,(H,16,17)(H2,14,15,18)/t9-,11?/m1/s1. The van der Waals surface area contributed by atoms with Crippen LogP contribution in [0.25, 0.3) is 0 Å². The summed E-state index contributed by atoms with van der Waals surface area (Å²) in [4.78, 5) is 23.8. The van der Waals surface area contributed by atoms with Gasteiger partial charge in [-0.2, -0.15) is 0 Å². The Morgan fingerprint density at radius 3 is 2.47 bits per heavy atom. The Morgan fingerprint density at radius 2 is 2.05 bits per heavy atom. The van der Waals surface area contributed by atoms with Gasteiger partial charge in [0.25, 0.3) is 0 Å². The molecule has 0 aliphatic heterocycles. The Bertz CT molecular complexity index is 418. The molecule has 2 atom stereocenters. The molecule has 0 bridgehead atoms. The number of rotatable bonds is 6. The quantitative estimate of drug-likeness (QED) is 0.751. The Balaban J connectivity index is 2.65. The molecule has 106 valence electrons. The van der Waals surface area contributed by atoms with E-state index >= 15 is 0 Å². The zero-order chi connectivity index (χ0) is 14.4. The van der Waals surface area contributed by atoms with Crippen molar-refractivity contribution in [3.63, 3.8) is 0 Å². The molecule has 2 amide bonds. The van der Waals surface area contributed by atoms with Gasteiger partial charge in [-0.05, 0) is 23.8 Å². The second-order valence-corrected chi connectivity index (χ2v) is 5.63. The summed E-state index contributed by atoms with van der Waals surface area (Å²) in [7, 11) is 0. The van der Waals surface area contributed by atoms with E-state index in [1.165, 1.54) is 0 Å². The van der Waals surface area contributed by atoms with Gasteiger partial charge in [-0.3, -0.25) is 0 Å². The smallest absolute Gasteiger partial charge is 0.326 e. The van der Waals surface area contributed by atoms with Gasteiger partial charge >= 0.3 is 12.0 Å². The van der Waals surface area contributed by atoms with Crippen LogP contribution in [0.1, 0.15) is 38.1 Å². The van der Waals surface area contributed by atoms with Gasteiger partial charge in [0.15, 0.2) is 0 Å². The first-order valence-electron chi connectivity index (χ1n) is 6.29. The average molecular weight is 284 g/mol. The van der Waals surface area contributed by atoms with Crippen molar-refractivity contribution in [2.45, 2.75) is 39.3 Å². The third kappa shape index (κ3) is 4.55. The first kappa shape index (κ1) is 15.5. The van der Waals surface area contributed by atoms with Gasteiger partial charge in [-0.15, -0.1) is 11.3 Å². The van der Waals surface area contributed by atoms with Crippen LogP contribution >= 0.6 is 11.3 Å². The predicted molar refractivity (Wildman–Crippen MR) is 75.3 cm³/mol. The Kier molecular flexibility index (Phi) is 5.82. The summed E-state index contributed by atoms with van der Waals surface area (Å²) < 4.78 is 0. The summed E-state index contributed by atoms with van der Waals surface area (Å²) in [5, 5.41) is 16.2. The minimum Gasteiger partial charge on any atom is -0.480 e. The fraction of sp³-hybridized carbons (Fsp3) is 0.538. The molecule has 0 saturated heterocycles. The van der Waals surface area contributed by atoms with Crippen LogP contribution in [-0.4, -0.2) is 23.1 Å². The maximum Gasteiger partial charge on any atom is 0.326 e. The van der Waals surface area contributed by atoms with Crippen molar-refractivity contribution < 1.29 is 14.7 Å². The van der Waals surface area contributed by atoms with Crippen molar-refractivity contribution >= 4 is 23.3 Å². The molecule has 1 rings (SSSR count). The fourth-order valence-electron chi connectivity index (χ4n) is 1.71. The predicted octanol–water partition coefficient (Wildman–Crippen LogP) is 2.61. The lowest BCUT2D eigenvalue weighted by molar-refractivity contribution is -0.139. The van der Waals surface area contributed by atoms with Crippen LogP contribution in [0.3, 0.4) is 0 Å². The molecule has 0 saturated carbocycles. The van der Waals surface area contributed by atoms with Crippen LogP contribution in [0.15, 0.2) is 17.5 Å². The third-order valence-electron chi connectivity index (χ3n) is 2.81. The highest BCUT2D eigenvalue weighted by molar-refractivity contribution is 7.10. The molecule has 3 N–H and O–H groups in total. The lowest BCUT2D eigenvalue weighted by Gasteiger charge is -2.22. The van der Waals surface area contributed by atoms with E-state index in [4.69, 9.17) is 5.11 Å². The lowest BCUT2D eigenvalue weighted by Crippen LogP contribution is -2.47. The number of amides is 2. The summed E-state index contributed by atoms with van der Waals surface area (Å²) in [6, 6.07) is 2.49. The van der Waals surface area contributed by atoms with E-state index in [1.54, 1.807) is 18.3 Å². The number of thiophene rings is 1. The van der Waals surface area contributed by atoms with Crippen LogP contribution in [0.4, 0.5) is 4.79 Å². The minimum absolute atomic E-state index is 0.105.